The second-order valence-corrected chi connectivity index (χ2v) is 7.43. The van der Waals surface area contributed by atoms with Gasteiger partial charge in [0.15, 0.2) is 0 Å². The molecule has 1 aromatic rings. The van der Waals surface area contributed by atoms with E-state index in [9.17, 15) is 19.5 Å². The number of hydrogen-bond acceptors (Lipinski definition) is 5. The van der Waals surface area contributed by atoms with Crippen LogP contribution in [0.1, 0.15) is 36.8 Å². The number of nitrogens with two attached hydrogens (primary N) is 1. The minimum atomic E-state index is -1.000. The van der Waals surface area contributed by atoms with Crippen LogP contribution in [0.25, 0.3) is 0 Å². The second-order valence-electron chi connectivity index (χ2n) is 7.43. The van der Waals surface area contributed by atoms with Crippen LogP contribution in [-0.4, -0.2) is 59.0 Å². The summed E-state index contributed by atoms with van der Waals surface area (Å²) in [4.78, 5) is 38.6. The molecular formula is C20H28N4O4. The van der Waals surface area contributed by atoms with Gasteiger partial charge in [0.1, 0.15) is 12.1 Å². The molecule has 0 spiro atoms. The van der Waals surface area contributed by atoms with Gasteiger partial charge in [-0.05, 0) is 49.8 Å². The molecule has 28 heavy (non-hydrogen) atoms. The molecule has 8 heteroatoms. The molecule has 0 saturated carbocycles. The third kappa shape index (κ3) is 4.51. The monoisotopic (exact) mass is 388 g/mol. The van der Waals surface area contributed by atoms with E-state index >= 15 is 0 Å². The van der Waals surface area contributed by atoms with Crippen molar-refractivity contribution < 1.29 is 19.5 Å². The van der Waals surface area contributed by atoms with Gasteiger partial charge in [-0.15, -0.1) is 0 Å². The minimum absolute atomic E-state index is 0.240. The van der Waals surface area contributed by atoms with Crippen LogP contribution in [0.15, 0.2) is 24.3 Å². The van der Waals surface area contributed by atoms with Crippen molar-refractivity contribution in [3.63, 3.8) is 0 Å². The molecule has 5 N–H and O–H groups in total. The summed E-state index contributed by atoms with van der Waals surface area (Å²) in [5.41, 5.74) is 7.88. The van der Waals surface area contributed by atoms with E-state index in [1.54, 1.807) is 0 Å². The van der Waals surface area contributed by atoms with Crippen molar-refractivity contribution in [3.8, 4) is 0 Å². The normalized spacial score (nSPS) is 22.4. The highest BCUT2D eigenvalue weighted by Crippen LogP contribution is 2.20. The van der Waals surface area contributed by atoms with Crippen LogP contribution in [0.5, 0.6) is 0 Å². The molecular weight excluding hydrogens is 360 g/mol. The number of rotatable bonds is 7. The molecule has 3 rings (SSSR count). The highest BCUT2D eigenvalue weighted by atomic mass is 16.4. The zero-order valence-electron chi connectivity index (χ0n) is 15.9. The second kappa shape index (κ2) is 9.16. The molecule has 0 aliphatic carbocycles. The van der Waals surface area contributed by atoms with Gasteiger partial charge in [0.2, 0.25) is 11.8 Å². The van der Waals surface area contributed by atoms with Gasteiger partial charge in [-0.25, -0.2) is 4.79 Å². The van der Waals surface area contributed by atoms with Crippen molar-refractivity contribution in [3.05, 3.63) is 35.4 Å². The fraction of sp³-hybridized carbons (Fsp3) is 0.550. The first-order chi connectivity index (χ1) is 13.5. The standard InChI is InChI=1S/C20H28N4O4/c21-9-3-7-15(19(26)24-10-4-8-17(24)20(27)28)23-18(25)16-11-13-5-1-2-6-14(13)12-22-16/h1-2,5-6,15-17,22H,3-4,7-12,21H2,(H,23,25)(H,27,28)/t15-,16-,17-/m0/s1. The summed E-state index contributed by atoms with van der Waals surface area (Å²) in [6.45, 7) is 1.40. The first-order valence-electron chi connectivity index (χ1n) is 9.85. The van der Waals surface area contributed by atoms with Crippen LogP contribution in [0.3, 0.4) is 0 Å². The molecule has 0 unspecified atom stereocenters. The molecule has 8 nitrogen and oxygen atoms in total. The first kappa shape index (κ1) is 20.3. The number of benzene rings is 1. The highest BCUT2D eigenvalue weighted by Gasteiger charge is 2.38. The summed E-state index contributed by atoms with van der Waals surface area (Å²) in [7, 11) is 0. The summed E-state index contributed by atoms with van der Waals surface area (Å²) in [5, 5.41) is 15.4. The Kier molecular flexibility index (Phi) is 6.64. The third-order valence-electron chi connectivity index (χ3n) is 5.53. The number of fused-ring (bicyclic) bond motifs is 1. The van der Waals surface area contributed by atoms with E-state index in [4.69, 9.17) is 5.73 Å². The Balaban J connectivity index is 1.67. The summed E-state index contributed by atoms with van der Waals surface area (Å²) in [5.74, 6) is -1.57. The predicted molar refractivity (Wildman–Crippen MR) is 103 cm³/mol. The largest absolute Gasteiger partial charge is 0.480 e. The van der Waals surface area contributed by atoms with E-state index in [-0.39, 0.29) is 11.8 Å². The van der Waals surface area contributed by atoms with Gasteiger partial charge in [-0.2, -0.15) is 0 Å². The van der Waals surface area contributed by atoms with E-state index in [1.807, 2.05) is 24.3 Å². The van der Waals surface area contributed by atoms with Crippen molar-refractivity contribution >= 4 is 17.8 Å². The van der Waals surface area contributed by atoms with E-state index in [0.717, 1.165) is 5.56 Å². The van der Waals surface area contributed by atoms with Gasteiger partial charge in [0.25, 0.3) is 0 Å². The van der Waals surface area contributed by atoms with Gasteiger partial charge in [-0.1, -0.05) is 24.3 Å². The summed E-state index contributed by atoms with van der Waals surface area (Å²) < 4.78 is 0. The molecule has 3 atom stereocenters. The molecule has 2 aliphatic heterocycles. The highest BCUT2D eigenvalue weighted by molar-refractivity contribution is 5.92. The molecule has 1 aromatic carbocycles. The number of nitrogens with zero attached hydrogens (tertiary/aromatic N) is 1. The Labute approximate surface area is 164 Å². The molecule has 1 saturated heterocycles. The number of carboxylic acids is 1. The molecule has 0 aromatic heterocycles. The number of carboxylic acid groups (broad SMARTS) is 1. The van der Waals surface area contributed by atoms with Crippen LogP contribution in [0, 0.1) is 0 Å². The third-order valence-corrected chi connectivity index (χ3v) is 5.53. The number of aliphatic carboxylic acids is 1. The number of carbonyl (C=O) groups is 3. The van der Waals surface area contributed by atoms with Gasteiger partial charge in [0.05, 0.1) is 6.04 Å². The van der Waals surface area contributed by atoms with Crippen LogP contribution >= 0.6 is 0 Å². The maximum atomic E-state index is 13.0. The van der Waals surface area contributed by atoms with Crippen molar-refractivity contribution in [1.29, 1.82) is 0 Å². The molecule has 2 amide bonds. The van der Waals surface area contributed by atoms with Crippen molar-refractivity contribution in [2.75, 3.05) is 13.1 Å². The van der Waals surface area contributed by atoms with E-state index < -0.39 is 24.1 Å². The van der Waals surface area contributed by atoms with Crippen LogP contribution in [0.2, 0.25) is 0 Å². The van der Waals surface area contributed by atoms with Gasteiger partial charge in [0, 0.05) is 13.1 Å². The van der Waals surface area contributed by atoms with Crippen LogP contribution < -0.4 is 16.4 Å². The number of nitrogens with one attached hydrogen (secondary N) is 2. The molecule has 1 fully saturated rings. The number of carbonyl (C=O) groups excluding carboxylic acids is 2. The maximum Gasteiger partial charge on any atom is 0.326 e. The Morgan fingerprint density at radius 2 is 2.04 bits per heavy atom. The molecule has 2 aliphatic rings. The smallest absolute Gasteiger partial charge is 0.326 e. The molecule has 0 radical (unpaired) electrons. The Morgan fingerprint density at radius 3 is 2.75 bits per heavy atom. The summed E-state index contributed by atoms with van der Waals surface area (Å²) in [6, 6.07) is 5.97. The predicted octanol–water partition coefficient (Wildman–Crippen LogP) is 0.000200. The van der Waals surface area contributed by atoms with E-state index in [1.165, 1.54) is 10.5 Å². The van der Waals surface area contributed by atoms with Crippen LogP contribution in [0.4, 0.5) is 0 Å². The Bertz CT molecular complexity index is 739. The van der Waals surface area contributed by atoms with E-state index in [0.29, 0.717) is 51.7 Å². The topological polar surface area (TPSA) is 125 Å². The Morgan fingerprint density at radius 1 is 1.29 bits per heavy atom. The van der Waals surface area contributed by atoms with Gasteiger partial charge in [-0.3, -0.25) is 9.59 Å². The maximum absolute atomic E-state index is 13.0. The lowest BCUT2D eigenvalue weighted by Crippen LogP contribution is -2.56. The lowest BCUT2D eigenvalue weighted by Gasteiger charge is -2.30. The summed E-state index contributed by atoms with van der Waals surface area (Å²) in [6.07, 6.45) is 2.62. The van der Waals surface area contributed by atoms with E-state index in [2.05, 4.69) is 10.6 Å². The minimum Gasteiger partial charge on any atom is -0.480 e. The van der Waals surface area contributed by atoms with Crippen molar-refractivity contribution in [1.82, 2.24) is 15.5 Å². The lowest BCUT2D eigenvalue weighted by molar-refractivity contribution is -0.149. The number of likely N-dealkylation sites (tertiary alicyclic amines) is 1. The van der Waals surface area contributed by atoms with Crippen molar-refractivity contribution in [2.24, 2.45) is 5.73 Å². The fourth-order valence-electron chi connectivity index (χ4n) is 3.98. The zero-order chi connectivity index (χ0) is 20.1. The number of amides is 2. The fourth-order valence-corrected chi connectivity index (χ4v) is 3.98. The first-order valence-corrected chi connectivity index (χ1v) is 9.85. The molecule has 2 heterocycles. The average Bonchev–Trinajstić information content (AvgIpc) is 3.20. The van der Waals surface area contributed by atoms with Gasteiger partial charge >= 0.3 is 5.97 Å². The van der Waals surface area contributed by atoms with Gasteiger partial charge < -0.3 is 26.4 Å². The number of hydrogen-bond donors (Lipinski definition) is 4. The summed E-state index contributed by atoms with van der Waals surface area (Å²) >= 11 is 0. The van der Waals surface area contributed by atoms with Crippen LogP contribution in [-0.2, 0) is 27.3 Å². The quantitative estimate of drug-likeness (QED) is 0.521. The molecule has 0 bridgehead atoms. The van der Waals surface area contributed by atoms with Crippen molar-refractivity contribution in [2.45, 2.75) is 56.8 Å². The lowest BCUT2D eigenvalue weighted by atomic mass is 9.95. The molecule has 152 valence electrons. The average molecular weight is 388 g/mol. The zero-order valence-corrected chi connectivity index (χ0v) is 15.9. The Hall–Kier alpha value is -2.45. The SMILES string of the molecule is NCCC[C@H](NC(=O)[C@@H]1Cc2ccccc2CN1)C(=O)N1CCC[C@H]1C(=O)O.